The van der Waals surface area contributed by atoms with E-state index in [2.05, 4.69) is 0 Å². The molecule has 0 bridgehead atoms. The third-order valence-corrected chi connectivity index (χ3v) is 3.85. The zero-order chi connectivity index (χ0) is 18.4. The predicted octanol–water partition coefficient (Wildman–Crippen LogP) is 4.10. The van der Waals surface area contributed by atoms with Gasteiger partial charge in [0.1, 0.15) is 12.4 Å². The van der Waals surface area contributed by atoms with E-state index < -0.39 is 5.97 Å². The maximum Gasteiger partial charge on any atom is 0.344 e. The molecule has 0 N–H and O–H groups in total. The molecule has 0 fully saturated rings. The van der Waals surface area contributed by atoms with Gasteiger partial charge in [-0.25, -0.2) is 4.79 Å². The summed E-state index contributed by atoms with van der Waals surface area (Å²) in [7, 11) is 3.09. The summed E-state index contributed by atoms with van der Waals surface area (Å²) >= 11 is 5.99. The van der Waals surface area contributed by atoms with Crippen LogP contribution in [-0.4, -0.2) is 26.8 Å². The number of halogens is 1. The molecule has 0 aliphatic rings. The molecule has 2 aromatic rings. The minimum atomic E-state index is -0.473. The number of rotatable bonds is 7. The van der Waals surface area contributed by atoms with Gasteiger partial charge in [0.05, 0.1) is 14.2 Å². The van der Waals surface area contributed by atoms with Gasteiger partial charge in [-0.3, -0.25) is 0 Å². The molecule has 0 heterocycles. The van der Waals surface area contributed by atoms with Crippen molar-refractivity contribution in [3.05, 3.63) is 52.0 Å². The highest BCUT2D eigenvalue weighted by Gasteiger charge is 2.13. The largest absolute Gasteiger partial charge is 0.493 e. The second-order valence-corrected chi connectivity index (χ2v) is 5.91. The molecule has 0 spiro atoms. The van der Waals surface area contributed by atoms with E-state index in [9.17, 15) is 4.79 Å². The van der Waals surface area contributed by atoms with Gasteiger partial charge in [0.2, 0.25) is 0 Å². The summed E-state index contributed by atoms with van der Waals surface area (Å²) in [6, 6.07) is 8.97. The number of hydrogen-bond donors (Lipinski definition) is 0. The second-order valence-electron chi connectivity index (χ2n) is 5.47. The van der Waals surface area contributed by atoms with Gasteiger partial charge in [-0.2, -0.15) is 0 Å². The normalized spacial score (nSPS) is 10.3. The molecule has 2 rings (SSSR count). The minimum Gasteiger partial charge on any atom is -0.493 e. The molecule has 0 amide bonds. The van der Waals surface area contributed by atoms with Crippen molar-refractivity contribution in [1.82, 2.24) is 0 Å². The summed E-state index contributed by atoms with van der Waals surface area (Å²) in [5, 5.41) is 0.634. The topological polar surface area (TPSA) is 54.0 Å². The van der Waals surface area contributed by atoms with Crippen LogP contribution < -0.4 is 14.2 Å². The van der Waals surface area contributed by atoms with Crippen LogP contribution in [0.15, 0.2) is 30.3 Å². The summed E-state index contributed by atoms with van der Waals surface area (Å²) in [6.07, 6.45) is 0. The highest BCUT2D eigenvalue weighted by atomic mass is 35.5. The van der Waals surface area contributed by atoms with Gasteiger partial charge in [-0.05, 0) is 43.2 Å². The van der Waals surface area contributed by atoms with Crippen LogP contribution in [0.25, 0.3) is 0 Å². The van der Waals surface area contributed by atoms with Crippen molar-refractivity contribution in [1.29, 1.82) is 0 Å². The molecule has 0 aliphatic carbocycles. The van der Waals surface area contributed by atoms with Crippen molar-refractivity contribution in [3.63, 3.8) is 0 Å². The fraction of sp³-hybridized carbons (Fsp3) is 0.316. The molecular formula is C19H21ClO5. The first-order valence-corrected chi connectivity index (χ1v) is 8.09. The third-order valence-electron chi connectivity index (χ3n) is 3.63. The molecular weight excluding hydrogens is 344 g/mol. The van der Waals surface area contributed by atoms with Gasteiger partial charge in [-0.15, -0.1) is 0 Å². The molecule has 2 aromatic carbocycles. The van der Waals surface area contributed by atoms with Gasteiger partial charge >= 0.3 is 5.97 Å². The molecule has 25 heavy (non-hydrogen) atoms. The summed E-state index contributed by atoms with van der Waals surface area (Å²) in [6.45, 7) is 3.64. The highest BCUT2D eigenvalue weighted by molar-refractivity contribution is 6.30. The first-order valence-electron chi connectivity index (χ1n) is 7.71. The van der Waals surface area contributed by atoms with E-state index in [0.717, 1.165) is 11.1 Å². The monoisotopic (exact) mass is 364 g/mol. The van der Waals surface area contributed by atoms with E-state index in [0.29, 0.717) is 27.8 Å². The SMILES string of the molecule is COc1cccc(COC(=O)COc2c(C)cc(Cl)cc2C)c1OC. The number of methoxy groups -OCH3 is 2. The van der Waals surface area contributed by atoms with Crippen molar-refractivity contribution in [3.8, 4) is 17.2 Å². The highest BCUT2D eigenvalue weighted by Crippen LogP contribution is 2.31. The smallest absolute Gasteiger partial charge is 0.344 e. The molecule has 134 valence electrons. The molecule has 0 atom stereocenters. The van der Waals surface area contributed by atoms with E-state index in [-0.39, 0.29) is 13.2 Å². The van der Waals surface area contributed by atoms with Gasteiger partial charge in [-0.1, -0.05) is 23.7 Å². The van der Waals surface area contributed by atoms with E-state index in [1.54, 1.807) is 38.5 Å². The van der Waals surface area contributed by atoms with Crippen molar-refractivity contribution in [2.24, 2.45) is 0 Å². The van der Waals surface area contributed by atoms with Gasteiger partial charge < -0.3 is 18.9 Å². The van der Waals surface area contributed by atoms with Crippen LogP contribution in [0, 0.1) is 13.8 Å². The van der Waals surface area contributed by atoms with E-state index >= 15 is 0 Å². The van der Waals surface area contributed by atoms with Crippen LogP contribution in [0.1, 0.15) is 16.7 Å². The van der Waals surface area contributed by atoms with E-state index in [4.69, 9.17) is 30.5 Å². The number of hydrogen-bond acceptors (Lipinski definition) is 5. The quantitative estimate of drug-likeness (QED) is 0.692. The van der Waals surface area contributed by atoms with Gasteiger partial charge in [0, 0.05) is 10.6 Å². The van der Waals surface area contributed by atoms with Crippen molar-refractivity contribution >= 4 is 17.6 Å². The predicted molar refractivity (Wildman–Crippen MR) is 95.8 cm³/mol. The number of aryl methyl sites for hydroxylation is 2. The molecule has 5 nitrogen and oxygen atoms in total. The van der Waals surface area contributed by atoms with E-state index in [1.165, 1.54) is 0 Å². The van der Waals surface area contributed by atoms with Gasteiger partial charge in [0.25, 0.3) is 0 Å². The lowest BCUT2D eigenvalue weighted by molar-refractivity contribution is -0.147. The lowest BCUT2D eigenvalue weighted by atomic mass is 10.1. The number of carbonyl (C=O) groups excluding carboxylic acids is 1. The number of para-hydroxylation sites is 1. The Morgan fingerprint density at radius 3 is 2.32 bits per heavy atom. The summed E-state index contributed by atoms with van der Waals surface area (Å²) in [5.74, 6) is 1.29. The van der Waals surface area contributed by atoms with Crippen molar-refractivity contribution < 1.29 is 23.7 Å². The standard InChI is InChI=1S/C19H21ClO5/c1-12-8-15(20)9-13(2)18(12)25-11-17(21)24-10-14-6-5-7-16(22-3)19(14)23-4/h5-9H,10-11H2,1-4H3. The first kappa shape index (κ1) is 18.9. The third kappa shape index (κ3) is 4.79. The summed E-state index contributed by atoms with van der Waals surface area (Å²) < 4.78 is 21.4. The summed E-state index contributed by atoms with van der Waals surface area (Å²) in [5.41, 5.74) is 2.45. The Hall–Kier alpha value is -2.40. The number of carbonyl (C=O) groups is 1. The maximum atomic E-state index is 12.0. The molecule has 0 saturated carbocycles. The molecule has 6 heteroatoms. The molecule has 0 saturated heterocycles. The van der Waals surface area contributed by atoms with Crippen LogP contribution in [0.3, 0.4) is 0 Å². The van der Waals surface area contributed by atoms with Crippen molar-refractivity contribution in [2.45, 2.75) is 20.5 Å². The Morgan fingerprint density at radius 2 is 1.72 bits per heavy atom. The number of ether oxygens (including phenoxy) is 4. The molecule has 0 unspecified atom stereocenters. The Balaban J connectivity index is 1.96. The Kier molecular flexibility index (Phi) is 6.53. The fourth-order valence-electron chi connectivity index (χ4n) is 2.52. The lowest BCUT2D eigenvalue weighted by Gasteiger charge is -2.14. The molecule has 0 aliphatic heterocycles. The second kappa shape index (κ2) is 8.62. The van der Waals surface area contributed by atoms with Crippen molar-refractivity contribution in [2.75, 3.05) is 20.8 Å². The Labute approximate surface area is 152 Å². The zero-order valence-corrected chi connectivity index (χ0v) is 15.5. The average Bonchev–Trinajstić information content (AvgIpc) is 2.58. The first-order chi connectivity index (χ1) is 12.0. The Bertz CT molecular complexity index is 734. The van der Waals surface area contributed by atoms with Crippen LogP contribution >= 0.6 is 11.6 Å². The zero-order valence-electron chi connectivity index (χ0n) is 14.7. The van der Waals surface area contributed by atoms with E-state index in [1.807, 2.05) is 19.9 Å². The fourth-order valence-corrected chi connectivity index (χ4v) is 2.85. The number of benzene rings is 2. The summed E-state index contributed by atoms with van der Waals surface area (Å²) in [4.78, 5) is 12.0. The molecule has 0 radical (unpaired) electrons. The lowest BCUT2D eigenvalue weighted by Crippen LogP contribution is -2.16. The average molecular weight is 365 g/mol. The van der Waals surface area contributed by atoms with Crippen LogP contribution in [0.5, 0.6) is 17.2 Å². The Morgan fingerprint density at radius 1 is 1.04 bits per heavy atom. The van der Waals surface area contributed by atoms with Crippen LogP contribution in [0.2, 0.25) is 5.02 Å². The van der Waals surface area contributed by atoms with Crippen LogP contribution in [0.4, 0.5) is 0 Å². The number of esters is 1. The van der Waals surface area contributed by atoms with Crippen LogP contribution in [-0.2, 0) is 16.1 Å². The van der Waals surface area contributed by atoms with Gasteiger partial charge in [0.15, 0.2) is 18.1 Å². The molecule has 0 aromatic heterocycles. The minimum absolute atomic E-state index is 0.0706. The maximum absolute atomic E-state index is 12.0.